The number of hydrazine groups is 1. The van der Waals surface area contributed by atoms with Gasteiger partial charge in [0, 0.05) is 69.0 Å². The molecule has 4 aromatic rings. The molecule has 0 atom stereocenters. The second-order valence-electron chi connectivity index (χ2n) is 10.2. The summed E-state index contributed by atoms with van der Waals surface area (Å²) in [5, 5.41) is 8.78. The molecule has 2 aliphatic heterocycles. The van der Waals surface area contributed by atoms with E-state index in [-0.39, 0.29) is 11.7 Å². The number of amides is 2. The fraction of sp³-hybridized carbons (Fsp3) is 0.429. The molecule has 0 bridgehead atoms. The maximum absolute atomic E-state index is 12.7. The number of piperazine rings is 1. The lowest BCUT2D eigenvalue weighted by atomic mass is 9.94. The number of nitrogens with one attached hydrogen (secondary N) is 3. The third-order valence-corrected chi connectivity index (χ3v) is 7.65. The minimum Gasteiger partial charge on any atom is -0.494 e. The number of H-pyrrole nitrogens is 2. The van der Waals surface area contributed by atoms with E-state index in [1.807, 2.05) is 41.4 Å². The molecular formula is C28H34N8O3. The molecule has 0 unspecified atom stereocenters. The van der Waals surface area contributed by atoms with Crippen molar-refractivity contribution < 1.29 is 9.53 Å². The molecule has 2 aliphatic rings. The number of aromatic amines is 2. The molecule has 11 heteroatoms. The van der Waals surface area contributed by atoms with Gasteiger partial charge in [0.25, 0.3) is 0 Å². The highest BCUT2D eigenvalue weighted by Crippen LogP contribution is 2.27. The van der Waals surface area contributed by atoms with Gasteiger partial charge in [-0.3, -0.25) is 9.97 Å². The molecule has 0 spiro atoms. The number of hydrogen-bond acceptors (Lipinski definition) is 7. The molecule has 204 valence electrons. The molecule has 6 rings (SSSR count). The number of carbonyl (C=O) groups is 1. The number of benzene rings is 1. The standard InChI is InChI=1S/C28H34N8O3/c37-27-32-25-19-21-18-22(5-6-24(21)31-26(25)33-27)39-17-3-10-30-28(38)34-13-15-36(16-14-34)35-11-7-20(8-12-35)23-4-1-2-9-29-23/h1-2,4-6,9,18-20H,3,7-8,10-17H2,(H,30,38)(H2,31,32,33,37). The van der Waals surface area contributed by atoms with Gasteiger partial charge in [0.05, 0.1) is 17.6 Å². The smallest absolute Gasteiger partial charge is 0.325 e. The van der Waals surface area contributed by atoms with E-state index in [2.05, 4.69) is 47.4 Å². The van der Waals surface area contributed by atoms with Crippen LogP contribution in [-0.2, 0) is 0 Å². The monoisotopic (exact) mass is 530 g/mol. The van der Waals surface area contributed by atoms with Crippen LogP contribution in [0.3, 0.4) is 0 Å². The van der Waals surface area contributed by atoms with Crippen LogP contribution in [0.1, 0.15) is 30.9 Å². The molecule has 2 saturated heterocycles. The summed E-state index contributed by atoms with van der Waals surface area (Å²) in [5.41, 5.74) is 2.92. The van der Waals surface area contributed by atoms with Gasteiger partial charge in [-0.1, -0.05) is 6.07 Å². The van der Waals surface area contributed by atoms with Gasteiger partial charge in [-0.05, 0) is 55.7 Å². The Balaban J connectivity index is 0.893. The van der Waals surface area contributed by atoms with E-state index in [9.17, 15) is 9.59 Å². The minimum absolute atomic E-state index is 0.00944. The molecule has 5 heterocycles. The Kier molecular flexibility index (Phi) is 7.42. The molecule has 0 saturated carbocycles. The van der Waals surface area contributed by atoms with E-state index in [1.165, 1.54) is 5.69 Å². The van der Waals surface area contributed by atoms with Crippen LogP contribution < -0.4 is 15.7 Å². The van der Waals surface area contributed by atoms with Crippen molar-refractivity contribution >= 4 is 28.1 Å². The van der Waals surface area contributed by atoms with Gasteiger partial charge in [0.2, 0.25) is 0 Å². The predicted octanol–water partition coefficient (Wildman–Crippen LogP) is 2.69. The van der Waals surface area contributed by atoms with Crippen LogP contribution in [0.25, 0.3) is 22.1 Å². The Morgan fingerprint density at radius 2 is 1.82 bits per heavy atom. The van der Waals surface area contributed by atoms with E-state index in [4.69, 9.17) is 4.74 Å². The van der Waals surface area contributed by atoms with Crippen LogP contribution in [0.5, 0.6) is 5.75 Å². The zero-order chi connectivity index (χ0) is 26.6. The first-order chi connectivity index (χ1) is 19.1. The quantitative estimate of drug-likeness (QED) is 0.314. The number of piperidine rings is 1. The number of carbonyl (C=O) groups excluding carboxylic acids is 1. The zero-order valence-corrected chi connectivity index (χ0v) is 21.9. The highest BCUT2D eigenvalue weighted by molar-refractivity contribution is 5.90. The summed E-state index contributed by atoms with van der Waals surface area (Å²) in [7, 11) is 0. The first-order valence-corrected chi connectivity index (χ1v) is 13.7. The van der Waals surface area contributed by atoms with Crippen molar-refractivity contribution in [3.05, 3.63) is 64.8 Å². The van der Waals surface area contributed by atoms with Gasteiger partial charge in [-0.15, -0.1) is 0 Å². The van der Waals surface area contributed by atoms with Gasteiger partial charge in [0.1, 0.15) is 5.75 Å². The zero-order valence-electron chi connectivity index (χ0n) is 21.9. The van der Waals surface area contributed by atoms with Crippen molar-refractivity contribution in [2.45, 2.75) is 25.2 Å². The molecule has 0 aliphatic carbocycles. The number of fused-ring (bicyclic) bond motifs is 2. The van der Waals surface area contributed by atoms with E-state index < -0.39 is 0 Å². The molecule has 11 nitrogen and oxygen atoms in total. The number of aromatic nitrogens is 4. The lowest BCUT2D eigenvalue weighted by Gasteiger charge is -2.43. The van der Waals surface area contributed by atoms with Gasteiger partial charge in [-0.25, -0.2) is 24.6 Å². The second kappa shape index (κ2) is 11.4. The number of rotatable bonds is 7. The summed E-state index contributed by atoms with van der Waals surface area (Å²) in [4.78, 5) is 40.5. The Morgan fingerprint density at radius 3 is 2.62 bits per heavy atom. The van der Waals surface area contributed by atoms with Crippen molar-refractivity contribution in [3.8, 4) is 5.75 Å². The fourth-order valence-corrected chi connectivity index (χ4v) is 5.51. The number of ether oxygens (including phenoxy) is 1. The molecule has 1 aromatic carbocycles. The minimum atomic E-state index is -0.273. The van der Waals surface area contributed by atoms with E-state index in [1.54, 1.807) is 0 Å². The van der Waals surface area contributed by atoms with Gasteiger partial charge in [0.15, 0.2) is 5.65 Å². The number of pyridine rings is 2. The lowest BCUT2D eigenvalue weighted by Crippen LogP contribution is -2.57. The van der Waals surface area contributed by atoms with Crippen LogP contribution in [-0.4, -0.2) is 93.3 Å². The topological polar surface area (TPSA) is 122 Å². The molecule has 2 fully saturated rings. The molecule has 2 amide bonds. The summed E-state index contributed by atoms with van der Waals surface area (Å²) in [5.74, 6) is 1.27. The van der Waals surface area contributed by atoms with Gasteiger partial charge in [-0.2, -0.15) is 0 Å². The largest absolute Gasteiger partial charge is 0.494 e. The molecular weight excluding hydrogens is 496 g/mol. The highest BCUT2D eigenvalue weighted by atomic mass is 16.5. The Morgan fingerprint density at radius 1 is 1.00 bits per heavy atom. The van der Waals surface area contributed by atoms with E-state index in [0.717, 1.165) is 68.8 Å². The molecule has 3 aromatic heterocycles. The summed E-state index contributed by atoms with van der Waals surface area (Å²) in [6, 6.07) is 13.7. The summed E-state index contributed by atoms with van der Waals surface area (Å²) in [6.45, 7) is 6.31. The number of urea groups is 1. The summed E-state index contributed by atoms with van der Waals surface area (Å²) in [6.07, 6.45) is 4.83. The summed E-state index contributed by atoms with van der Waals surface area (Å²) >= 11 is 0. The van der Waals surface area contributed by atoms with Crippen molar-refractivity contribution in [2.24, 2.45) is 0 Å². The normalized spacial score (nSPS) is 17.6. The van der Waals surface area contributed by atoms with Gasteiger partial charge < -0.3 is 19.9 Å². The Hall–Kier alpha value is -3.96. The van der Waals surface area contributed by atoms with Crippen molar-refractivity contribution in [2.75, 3.05) is 52.4 Å². The third kappa shape index (κ3) is 5.89. The summed E-state index contributed by atoms with van der Waals surface area (Å²) < 4.78 is 5.89. The van der Waals surface area contributed by atoms with Crippen LogP contribution >= 0.6 is 0 Å². The predicted molar refractivity (Wildman–Crippen MR) is 149 cm³/mol. The average Bonchev–Trinajstić information content (AvgIpc) is 3.35. The Bertz CT molecular complexity index is 1470. The maximum atomic E-state index is 12.7. The number of nitrogens with zero attached hydrogens (tertiary/aromatic N) is 5. The number of hydrogen-bond donors (Lipinski definition) is 3. The van der Waals surface area contributed by atoms with Crippen LogP contribution in [0, 0.1) is 0 Å². The maximum Gasteiger partial charge on any atom is 0.325 e. The first-order valence-electron chi connectivity index (χ1n) is 13.7. The molecule has 0 radical (unpaired) electrons. The van der Waals surface area contributed by atoms with Crippen molar-refractivity contribution in [3.63, 3.8) is 0 Å². The number of imidazole rings is 1. The van der Waals surface area contributed by atoms with Crippen molar-refractivity contribution in [1.29, 1.82) is 0 Å². The molecule has 39 heavy (non-hydrogen) atoms. The Labute approximate surface area is 226 Å². The van der Waals surface area contributed by atoms with Crippen LogP contribution in [0.4, 0.5) is 4.79 Å². The SMILES string of the molecule is O=C(NCCCOc1ccc2nc3[nH]c(=O)[nH]c3cc2c1)N1CCN(N2CCC(c3ccccn3)CC2)CC1. The highest BCUT2D eigenvalue weighted by Gasteiger charge is 2.28. The van der Waals surface area contributed by atoms with Crippen LogP contribution in [0.15, 0.2) is 53.5 Å². The van der Waals surface area contributed by atoms with E-state index >= 15 is 0 Å². The fourth-order valence-electron chi connectivity index (χ4n) is 5.51. The molecule has 3 N–H and O–H groups in total. The second-order valence-corrected chi connectivity index (χ2v) is 10.2. The van der Waals surface area contributed by atoms with Gasteiger partial charge >= 0.3 is 11.7 Å². The lowest BCUT2D eigenvalue weighted by molar-refractivity contribution is -0.0650. The van der Waals surface area contributed by atoms with Crippen LogP contribution in [0.2, 0.25) is 0 Å². The van der Waals surface area contributed by atoms with E-state index in [0.29, 0.717) is 36.7 Å². The average molecular weight is 531 g/mol. The third-order valence-electron chi connectivity index (χ3n) is 7.65. The first kappa shape index (κ1) is 25.3. The van der Waals surface area contributed by atoms with Crippen molar-refractivity contribution in [1.82, 2.24) is 40.2 Å².